The van der Waals surface area contributed by atoms with Gasteiger partial charge < -0.3 is 14.6 Å². The quantitative estimate of drug-likeness (QED) is 0.805. The number of piperidine rings is 1. The molecule has 0 radical (unpaired) electrons. The van der Waals surface area contributed by atoms with Crippen molar-refractivity contribution < 1.29 is 19.4 Å². The summed E-state index contributed by atoms with van der Waals surface area (Å²) in [6.45, 7) is 4.82. The average Bonchev–Trinajstić information content (AvgIpc) is 3.01. The molecule has 0 saturated carbocycles. The molecule has 0 amide bonds. The van der Waals surface area contributed by atoms with Crippen LogP contribution in [0.25, 0.3) is 6.08 Å². The maximum absolute atomic E-state index is 12.8. The van der Waals surface area contributed by atoms with E-state index in [1.54, 1.807) is 25.3 Å². The predicted molar refractivity (Wildman–Crippen MR) is 108 cm³/mol. The van der Waals surface area contributed by atoms with E-state index in [-0.39, 0.29) is 17.3 Å². The molecule has 0 unspecified atom stereocenters. The molecule has 1 fully saturated rings. The highest BCUT2D eigenvalue weighted by Crippen LogP contribution is 2.40. The van der Waals surface area contributed by atoms with E-state index < -0.39 is 0 Å². The van der Waals surface area contributed by atoms with Crippen LogP contribution in [0.2, 0.25) is 0 Å². The van der Waals surface area contributed by atoms with Crippen molar-refractivity contribution in [3.63, 3.8) is 0 Å². The van der Waals surface area contributed by atoms with E-state index in [1.165, 1.54) is 6.42 Å². The summed E-state index contributed by atoms with van der Waals surface area (Å²) >= 11 is 0. The highest BCUT2D eigenvalue weighted by molar-refractivity contribution is 6.15. The fourth-order valence-corrected chi connectivity index (χ4v) is 3.96. The van der Waals surface area contributed by atoms with Crippen LogP contribution in [0.3, 0.4) is 0 Å². The molecule has 4 rings (SSSR count). The summed E-state index contributed by atoms with van der Waals surface area (Å²) in [4.78, 5) is 15.1. The van der Waals surface area contributed by atoms with E-state index in [4.69, 9.17) is 9.47 Å². The third-order valence-corrected chi connectivity index (χ3v) is 5.45. The molecule has 0 aliphatic carbocycles. The van der Waals surface area contributed by atoms with Crippen molar-refractivity contribution in [2.45, 2.75) is 26.3 Å². The van der Waals surface area contributed by atoms with E-state index >= 15 is 0 Å². The van der Waals surface area contributed by atoms with Crippen molar-refractivity contribution >= 4 is 11.9 Å². The lowest BCUT2D eigenvalue weighted by Gasteiger charge is -2.31. The van der Waals surface area contributed by atoms with E-state index in [0.717, 1.165) is 30.8 Å². The van der Waals surface area contributed by atoms with Gasteiger partial charge in [-0.2, -0.15) is 0 Å². The summed E-state index contributed by atoms with van der Waals surface area (Å²) in [6, 6.07) is 10.7. The molecule has 2 heterocycles. The molecular formula is C23H25NO4. The Balaban J connectivity index is 1.61. The number of hydrogen-bond donors (Lipinski definition) is 1. The fourth-order valence-electron chi connectivity index (χ4n) is 3.96. The van der Waals surface area contributed by atoms with E-state index in [9.17, 15) is 9.90 Å². The summed E-state index contributed by atoms with van der Waals surface area (Å²) in [5.41, 5.74) is 2.06. The Morgan fingerprint density at radius 2 is 2.04 bits per heavy atom. The molecule has 5 heteroatoms. The number of hydrogen-bond acceptors (Lipinski definition) is 5. The molecule has 2 aromatic rings. The number of carbonyl (C=O) groups excluding carboxylic acids is 1. The first-order valence-electron chi connectivity index (χ1n) is 9.70. The van der Waals surface area contributed by atoms with Gasteiger partial charge in [0.1, 0.15) is 17.2 Å². The molecule has 1 atom stereocenters. The summed E-state index contributed by atoms with van der Waals surface area (Å²) in [5, 5.41) is 10.4. The minimum absolute atomic E-state index is 0.154. The lowest BCUT2D eigenvalue weighted by atomic mass is 9.99. The Labute approximate surface area is 165 Å². The molecule has 1 saturated heterocycles. The van der Waals surface area contributed by atoms with Crippen molar-refractivity contribution in [2.24, 2.45) is 5.92 Å². The van der Waals surface area contributed by atoms with Gasteiger partial charge in [-0.25, -0.2) is 0 Å². The van der Waals surface area contributed by atoms with E-state index in [0.29, 0.717) is 29.3 Å². The first-order valence-corrected chi connectivity index (χ1v) is 9.70. The standard InChI is InChI=1S/C23H25NO4/c1-15-4-3-11-24(13-15)14-19-20(25)10-9-18-22(26)21(28-23(18)19)12-16-5-7-17(27-2)8-6-16/h5-10,12,15,25H,3-4,11,13-14H2,1-2H3/t15-/m0/s1. The van der Waals surface area contributed by atoms with Crippen LogP contribution < -0.4 is 9.47 Å². The zero-order valence-electron chi connectivity index (χ0n) is 16.3. The number of likely N-dealkylation sites (tertiary alicyclic amines) is 1. The predicted octanol–water partition coefficient (Wildman–Crippen LogP) is 4.25. The van der Waals surface area contributed by atoms with Crippen LogP contribution in [0.15, 0.2) is 42.2 Å². The van der Waals surface area contributed by atoms with Gasteiger partial charge in [0.15, 0.2) is 5.76 Å². The van der Waals surface area contributed by atoms with Gasteiger partial charge in [-0.05, 0) is 61.2 Å². The Hall–Kier alpha value is -2.79. The second-order valence-corrected chi connectivity index (χ2v) is 7.64. The zero-order chi connectivity index (χ0) is 19.7. The minimum Gasteiger partial charge on any atom is -0.507 e. The van der Waals surface area contributed by atoms with Crippen molar-refractivity contribution in [3.8, 4) is 17.2 Å². The number of ketones is 1. The Morgan fingerprint density at radius 3 is 2.75 bits per heavy atom. The largest absolute Gasteiger partial charge is 0.507 e. The molecule has 5 nitrogen and oxygen atoms in total. The molecule has 2 aromatic carbocycles. The first kappa shape index (κ1) is 18.6. The molecule has 0 aromatic heterocycles. The number of rotatable bonds is 4. The number of nitrogens with zero attached hydrogens (tertiary/aromatic N) is 1. The lowest BCUT2D eigenvalue weighted by Crippen LogP contribution is -2.33. The topological polar surface area (TPSA) is 59.0 Å². The second-order valence-electron chi connectivity index (χ2n) is 7.64. The van der Waals surface area contributed by atoms with Crippen LogP contribution in [-0.2, 0) is 6.54 Å². The van der Waals surface area contributed by atoms with E-state index in [1.807, 2.05) is 24.3 Å². The second kappa shape index (κ2) is 7.68. The summed E-state index contributed by atoms with van der Waals surface area (Å²) in [5.74, 6) is 2.18. The smallest absolute Gasteiger partial charge is 0.231 e. The number of methoxy groups -OCH3 is 1. The highest BCUT2D eigenvalue weighted by atomic mass is 16.5. The molecule has 2 aliphatic heterocycles. The van der Waals surface area contributed by atoms with Gasteiger partial charge in [0.25, 0.3) is 0 Å². The highest BCUT2D eigenvalue weighted by Gasteiger charge is 2.32. The number of Topliss-reactive ketones (excluding diaryl/α,β-unsaturated/α-hetero) is 1. The number of fused-ring (bicyclic) bond motifs is 1. The molecule has 1 N–H and O–H groups in total. The summed E-state index contributed by atoms with van der Waals surface area (Å²) in [7, 11) is 1.62. The molecule has 0 bridgehead atoms. The monoisotopic (exact) mass is 379 g/mol. The van der Waals surface area contributed by atoms with Gasteiger partial charge >= 0.3 is 0 Å². The van der Waals surface area contributed by atoms with Crippen molar-refractivity contribution in [2.75, 3.05) is 20.2 Å². The third-order valence-electron chi connectivity index (χ3n) is 5.45. The Morgan fingerprint density at radius 1 is 1.25 bits per heavy atom. The minimum atomic E-state index is -0.154. The number of phenolic OH excluding ortho intramolecular Hbond substituents is 1. The molecule has 2 aliphatic rings. The first-order chi connectivity index (χ1) is 13.5. The zero-order valence-corrected chi connectivity index (χ0v) is 16.3. The van der Waals surface area contributed by atoms with Crippen LogP contribution in [0.5, 0.6) is 17.2 Å². The van der Waals surface area contributed by atoms with Gasteiger partial charge in [-0.3, -0.25) is 9.69 Å². The van der Waals surface area contributed by atoms with Crippen LogP contribution >= 0.6 is 0 Å². The molecule has 28 heavy (non-hydrogen) atoms. The maximum atomic E-state index is 12.8. The fraction of sp³-hybridized carbons (Fsp3) is 0.348. The molecule has 0 spiro atoms. The normalized spacial score (nSPS) is 20.9. The molecular weight excluding hydrogens is 354 g/mol. The number of benzene rings is 2. The number of aromatic hydroxyl groups is 1. The number of carbonyl (C=O) groups is 1. The van der Waals surface area contributed by atoms with Crippen LogP contribution in [-0.4, -0.2) is 36.0 Å². The number of phenols is 1. The van der Waals surface area contributed by atoms with Gasteiger partial charge in [-0.15, -0.1) is 0 Å². The van der Waals surface area contributed by atoms with Crippen molar-refractivity contribution in [3.05, 3.63) is 58.8 Å². The van der Waals surface area contributed by atoms with Gasteiger partial charge in [0, 0.05) is 13.1 Å². The molecule has 146 valence electrons. The van der Waals surface area contributed by atoms with Gasteiger partial charge in [0.2, 0.25) is 5.78 Å². The van der Waals surface area contributed by atoms with Crippen LogP contribution in [0.4, 0.5) is 0 Å². The van der Waals surface area contributed by atoms with Crippen molar-refractivity contribution in [1.82, 2.24) is 4.90 Å². The van der Waals surface area contributed by atoms with Crippen LogP contribution in [0.1, 0.15) is 41.3 Å². The Kier molecular flexibility index (Phi) is 5.09. The summed E-state index contributed by atoms with van der Waals surface area (Å²) in [6.07, 6.45) is 4.12. The average molecular weight is 379 g/mol. The van der Waals surface area contributed by atoms with Crippen LogP contribution in [0, 0.1) is 5.92 Å². The van der Waals surface area contributed by atoms with Gasteiger partial charge in [-0.1, -0.05) is 19.1 Å². The van der Waals surface area contributed by atoms with Gasteiger partial charge in [0.05, 0.1) is 18.2 Å². The lowest BCUT2D eigenvalue weighted by molar-refractivity contribution is 0.101. The SMILES string of the molecule is COc1ccc(C=C2Oc3c(ccc(O)c3CN3CCC[C@H](C)C3)C2=O)cc1. The maximum Gasteiger partial charge on any atom is 0.231 e. The number of allylic oxidation sites excluding steroid dienone is 1. The Bertz CT molecular complexity index is 917. The number of ether oxygens (including phenoxy) is 2. The summed E-state index contributed by atoms with van der Waals surface area (Å²) < 4.78 is 11.1. The van der Waals surface area contributed by atoms with E-state index in [2.05, 4.69) is 11.8 Å². The third kappa shape index (κ3) is 3.62. The van der Waals surface area contributed by atoms with Crippen molar-refractivity contribution in [1.29, 1.82) is 0 Å².